The van der Waals surface area contributed by atoms with E-state index in [1.54, 1.807) is 28.9 Å². The number of benzene rings is 1. The number of carbonyl (C=O) groups is 1. The van der Waals surface area contributed by atoms with Gasteiger partial charge in [-0.3, -0.25) is 9.48 Å². The van der Waals surface area contributed by atoms with Crippen LogP contribution < -0.4 is 5.32 Å². The Labute approximate surface area is 142 Å². The summed E-state index contributed by atoms with van der Waals surface area (Å²) in [5.41, 5.74) is 1.62. The van der Waals surface area contributed by atoms with Crippen LogP contribution in [0.1, 0.15) is 27.0 Å². The number of rotatable bonds is 4. The number of halogens is 1. The average molecular weight is 350 g/mol. The maximum absolute atomic E-state index is 12.3. The van der Waals surface area contributed by atoms with E-state index < -0.39 is 6.10 Å². The third-order valence-corrected chi connectivity index (χ3v) is 5.08. The van der Waals surface area contributed by atoms with Gasteiger partial charge in [-0.15, -0.1) is 11.3 Å². The van der Waals surface area contributed by atoms with Crippen LogP contribution >= 0.6 is 22.9 Å². The van der Waals surface area contributed by atoms with E-state index in [4.69, 9.17) is 11.6 Å². The van der Waals surface area contributed by atoms with Crippen molar-refractivity contribution < 1.29 is 9.90 Å². The molecular formula is C16H16ClN3O2S. The molecule has 2 N–H and O–H groups in total. The van der Waals surface area contributed by atoms with Crippen molar-refractivity contribution in [1.29, 1.82) is 0 Å². The zero-order valence-electron chi connectivity index (χ0n) is 12.7. The van der Waals surface area contributed by atoms with Gasteiger partial charge in [0.25, 0.3) is 5.91 Å². The summed E-state index contributed by atoms with van der Waals surface area (Å²) in [4.78, 5) is 13.8. The quantitative estimate of drug-likeness (QED) is 0.760. The maximum Gasteiger partial charge on any atom is 0.261 e. The number of fused-ring (bicyclic) bond motifs is 1. The van der Waals surface area contributed by atoms with Crippen molar-refractivity contribution in [3.05, 3.63) is 51.5 Å². The lowest BCUT2D eigenvalue weighted by molar-refractivity contribution is 0.0920. The molecule has 2 heterocycles. The highest BCUT2D eigenvalue weighted by molar-refractivity contribution is 7.20. The molecule has 0 aliphatic heterocycles. The lowest BCUT2D eigenvalue weighted by atomic mass is 10.1. The molecule has 0 fully saturated rings. The lowest BCUT2D eigenvalue weighted by Gasteiger charge is -2.11. The second-order valence-corrected chi connectivity index (χ2v) is 6.78. The van der Waals surface area contributed by atoms with Gasteiger partial charge in [0.15, 0.2) is 0 Å². The first-order chi connectivity index (χ1) is 11.0. The van der Waals surface area contributed by atoms with E-state index >= 15 is 0 Å². The first kappa shape index (κ1) is 16.0. The van der Waals surface area contributed by atoms with Gasteiger partial charge in [0.2, 0.25) is 0 Å². The Morgan fingerprint density at radius 2 is 2.13 bits per heavy atom. The van der Waals surface area contributed by atoms with Crippen molar-refractivity contribution in [3.8, 4) is 0 Å². The highest BCUT2D eigenvalue weighted by atomic mass is 35.5. The first-order valence-electron chi connectivity index (χ1n) is 7.10. The molecule has 5 nitrogen and oxygen atoms in total. The van der Waals surface area contributed by atoms with Crippen molar-refractivity contribution >= 4 is 39.1 Å². The van der Waals surface area contributed by atoms with Crippen LogP contribution in [0, 0.1) is 6.92 Å². The van der Waals surface area contributed by atoms with Gasteiger partial charge < -0.3 is 10.4 Å². The Balaban J connectivity index is 1.68. The van der Waals surface area contributed by atoms with Crippen molar-refractivity contribution in [2.75, 3.05) is 6.54 Å². The van der Waals surface area contributed by atoms with Gasteiger partial charge >= 0.3 is 0 Å². The molecule has 0 saturated heterocycles. The number of thiophene rings is 1. The molecule has 2 aromatic heterocycles. The minimum absolute atomic E-state index is 0.145. The summed E-state index contributed by atoms with van der Waals surface area (Å²) < 4.78 is 1.77. The molecule has 0 aliphatic carbocycles. The summed E-state index contributed by atoms with van der Waals surface area (Å²) >= 11 is 7.21. The molecule has 1 atom stereocenters. The number of aryl methyl sites for hydroxylation is 2. The smallest absolute Gasteiger partial charge is 0.261 e. The number of aromatic nitrogens is 2. The molecule has 1 unspecified atom stereocenters. The van der Waals surface area contributed by atoms with Gasteiger partial charge in [-0.1, -0.05) is 23.7 Å². The summed E-state index contributed by atoms with van der Waals surface area (Å²) in [6.07, 6.45) is -0.769. The van der Waals surface area contributed by atoms with Crippen LogP contribution in [0.4, 0.5) is 0 Å². The minimum atomic E-state index is -0.769. The van der Waals surface area contributed by atoms with E-state index in [9.17, 15) is 9.90 Å². The molecule has 0 aliphatic rings. The topological polar surface area (TPSA) is 67.2 Å². The zero-order chi connectivity index (χ0) is 16.6. The molecule has 1 aromatic carbocycles. The molecule has 7 heteroatoms. The monoisotopic (exact) mass is 349 g/mol. The van der Waals surface area contributed by atoms with Crippen molar-refractivity contribution in [2.24, 2.45) is 7.05 Å². The highest BCUT2D eigenvalue weighted by Gasteiger charge is 2.16. The second kappa shape index (κ2) is 6.31. The fourth-order valence-corrected chi connectivity index (χ4v) is 3.56. The normalized spacial score (nSPS) is 12.5. The molecule has 3 rings (SSSR count). The standard InChI is InChI=1S/C16H16ClN3O2S/c1-9-12-7-14(23-16(12)20(2)19-9)15(22)18-8-13(21)10-3-5-11(17)6-4-10/h3-7,13,21H,8H2,1-2H3,(H,18,22). The van der Waals surface area contributed by atoms with Gasteiger partial charge in [-0.25, -0.2) is 0 Å². The van der Waals surface area contributed by atoms with E-state index in [2.05, 4.69) is 10.4 Å². The molecule has 0 spiro atoms. The summed E-state index contributed by atoms with van der Waals surface area (Å²) in [6, 6.07) is 8.75. The Morgan fingerprint density at radius 3 is 2.78 bits per heavy atom. The SMILES string of the molecule is Cc1nn(C)c2sc(C(=O)NCC(O)c3ccc(Cl)cc3)cc12. The second-order valence-electron chi connectivity index (χ2n) is 5.32. The van der Waals surface area contributed by atoms with Crippen molar-refractivity contribution in [3.63, 3.8) is 0 Å². The van der Waals surface area contributed by atoms with Crippen LogP contribution in [0.25, 0.3) is 10.2 Å². The van der Waals surface area contributed by atoms with Gasteiger partial charge in [-0.05, 0) is 30.7 Å². The van der Waals surface area contributed by atoms with Gasteiger partial charge in [-0.2, -0.15) is 5.10 Å². The van der Waals surface area contributed by atoms with E-state index in [0.717, 1.165) is 15.9 Å². The first-order valence-corrected chi connectivity index (χ1v) is 8.30. The van der Waals surface area contributed by atoms with Crippen LogP contribution in [0.5, 0.6) is 0 Å². The number of hydrogen-bond donors (Lipinski definition) is 2. The lowest BCUT2D eigenvalue weighted by Crippen LogP contribution is -2.27. The minimum Gasteiger partial charge on any atom is -0.387 e. The van der Waals surface area contributed by atoms with Crippen LogP contribution in [-0.2, 0) is 7.05 Å². The summed E-state index contributed by atoms with van der Waals surface area (Å²) in [5.74, 6) is -0.196. The van der Waals surface area contributed by atoms with E-state index in [-0.39, 0.29) is 12.5 Å². The third kappa shape index (κ3) is 3.24. The number of nitrogens with one attached hydrogen (secondary N) is 1. The predicted octanol–water partition coefficient (Wildman–Crippen LogP) is 3.06. The summed E-state index contributed by atoms with van der Waals surface area (Å²) in [7, 11) is 1.86. The number of amides is 1. The van der Waals surface area contributed by atoms with Gasteiger partial charge in [0.05, 0.1) is 16.7 Å². The summed E-state index contributed by atoms with van der Waals surface area (Å²) in [6.45, 7) is 2.06. The van der Waals surface area contributed by atoms with Crippen molar-refractivity contribution in [1.82, 2.24) is 15.1 Å². The molecule has 3 aromatic rings. The number of hydrogen-bond acceptors (Lipinski definition) is 4. The molecule has 0 saturated carbocycles. The Hall–Kier alpha value is -1.89. The molecular weight excluding hydrogens is 334 g/mol. The van der Waals surface area contributed by atoms with Crippen LogP contribution in [0.2, 0.25) is 5.02 Å². The molecule has 0 bridgehead atoms. The number of nitrogens with zero attached hydrogens (tertiary/aromatic N) is 2. The predicted molar refractivity (Wildman–Crippen MR) is 92.1 cm³/mol. The molecule has 1 amide bonds. The number of carbonyl (C=O) groups excluding carboxylic acids is 1. The maximum atomic E-state index is 12.3. The van der Waals surface area contributed by atoms with Gasteiger partial charge in [0, 0.05) is 24.0 Å². The Kier molecular flexibility index (Phi) is 4.39. The average Bonchev–Trinajstić information content (AvgIpc) is 3.07. The molecule has 120 valence electrons. The van der Waals surface area contributed by atoms with E-state index in [1.807, 2.05) is 20.0 Å². The van der Waals surface area contributed by atoms with Crippen molar-refractivity contribution in [2.45, 2.75) is 13.0 Å². The zero-order valence-corrected chi connectivity index (χ0v) is 14.3. The number of aliphatic hydroxyl groups excluding tert-OH is 1. The Bertz CT molecular complexity index is 820. The largest absolute Gasteiger partial charge is 0.387 e. The van der Waals surface area contributed by atoms with Gasteiger partial charge in [0.1, 0.15) is 4.83 Å². The highest BCUT2D eigenvalue weighted by Crippen LogP contribution is 2.27. The molecule has 23 heavy (non-hydrogen) atoms. The fraction of sp³-hybridized carbons (Fsp3) is 0.250. The summed E-state index contributed by atoms with van der Waals surface area (Å²) in [5, 5.41) is 18.8. The van der Waals surface area contributed by atoms with Crippen LogP contribution in [0.3, 0.4) is 0 Å². The fourth-order valence-electron chi connectivity index (χ4n) is 2.40. The van der Waals surface area contributed by atoms with Crippen LogP contribution in [0.15, 0.2) is 30.3 Å². The number of aliphatic hydroxyl groups is 1. The van der Waals surface area contributed by atoms with E-state index in [1.165, 1.54) is 11.3 Å². The van der Waals surface area contributed by atoms with Crippen LogP contribution in [-0.4, -0.2) is 27.3 Å². The molecule has 0 radical (unpaired) electrons. The third-order valence-electron chi connectivity index (χ3n) is 3.63. The van der Waals surface area contributed by atoms with E-state index in [0.29, 0.717) is 15.5 Å². The Morgan fingerprint density at radius 1 is 1.43 bits per heavy atom.